The van der Waals surface area contributed by atoms with Crippen molar-refractivity contribution in [3.8, 4) is 5.75 Å². The fraction of sp³-hybridized carbons (Fsp3) is 0.440. The third-order valence-electron chi connectivity index (χ3n) is 5.83. The van der Waals surface area contributed by atoms with Crippen molar-refractivity contribution >= 4 is 27.5 Å². The van der Waals surface area contributed by atoms with Crippen LogP contribution < -0.4 is 19.7 Å². The number of fused-ring (bicyclic) bond motifs is 1. The number of para-hydroxylation sites is 1. The van der Waals surface area contributed by atoms with Gasteiger partial charge in [0, 0.05) is 30.8 Å². The Kier molecular flexibility index (Phi) is 8.33. The summed E-state index contributed by atoms with van der Waals surface area (Å²) in [5, 5.41) is 2.83. The average molecular weight is 488 g/mol. The third kappa shape index (κ3) is 5.95. The number of amides is 2. The normalized spacial score (nSPS) is 14.1. The van der Waals surface area contributed by atoms with E-state index >= 15 is 0 Å². The molecule has 0 bridgehead atoms. The number of hydrogen-bond donors (Lipinski definition) is 2. The summed E-state index contributed by atoms with van der Waals surface area (Å²) in [7, 11) is -2.39. The molecule has 2 N–H and O–H groups in total. The van der Waals surface area contributed by atoms with Crippen molar-refractivity contribution in [2.75, 3.05) is 18.6 Å². The SMILES string of the molecule is CCC(=O)N1CCc2cc(S(=O)(=O)NC(CC(C)C)C(=O)NCc3ccccc3OC)ccc21. The molecule has 184 valence electrons. The van der Waals surface area contributed by atoms with Gasteiger partial charge in [-0.05, 0) is 48.6 Å². The van der Waals surface area contributed by atoms with Crippen LogP contribution in [0, 0.1) is 5.92 Å². The number of anilines is 1. The minimum atomic E-state index is -3.95. The number of sulfonamides is 1. The van der Waals surface area contributed by atoms with E-state index in [1.807, 2.05) is 32.0 Å². The van der Waals surface area contributed by atoms with Gasteiger partial charge in [-0.1, -0.05) is 39.0 Å². The number of rotatable bonds is 10. The first-order chi connectivity index (χ1) is 16.2. The Hall–Kier alpha value is -2.91. The molecular formula is C25H33N3O5S. The van der Waals surface area contributed by atoms with E-state index in [2.05, 4.69) is 10.0 Å². The monoisotopic (exact) mass is 487 g/mol. The molecule has 0 radical (unpaired) electrons. The standard InChI is InChI=1S/C25H33N3O5S/c1-5-24(29)28-13-12-18-15-20(10-11-22(18)28)34(31,32)27-21(14-17(2)3)25(30)26-16-19-8-6-7-9-23(19)33-4/h6-11,15,17,21,27H,5,12-14,16H2,1-4H3,(H,26,30). The van der Waals surface area contributed by atoms with E-state index in [1.54, 1.807) is 37.1 Å². The molecule has 1 atom stereocenters. The predicted octanol–water partition coefficient (Wildman–Crippen LogP) is 3.00. The van der Waals surface area contributed by atoms with E-state index in [0.717, 1.165) is 16.8 Å². The number of carbonyl (C=O) groups excluding carboxylic acids is 2. The van der Waals surface area contributed by atoms with Crippen LogP contribution in [0.3, 0.4) is 0 Å². The minimum absolute atomic E-state index is 0.0104. The molecule has 34 heavy (non-hydrogen) atoms. The van der Waals surface area contributed by atoms with Crippen LogP contribution in [0.25, 0.3) is 0 Å². The molecule has 0 fully saturated rings. The summed E-state index contributed by atoms with van der Waals surface area (Å²) in [5.41, 5.74) is 2.36. The Morgan fingerprint density at radius 2 is 1.88 bits per heavy atom. The van der Waals surface area contributed by atoms with Gasteiger partial charge in [-0.2, -0.15) is 4.72 Å². The molecule has 1 heterocycles. The second-order valence-electron chi connectivity index (χ2n) is 8.77. The van der Waals surface area contributed by atoms with Crippen LogP contribution in [0.15, 0.2) is 47.4 Å². The lowest BCUT2D eigenvalue weighted by molar-refractivity contribution is -0.123. The zero-order valence-corrected chi connectivity index (χ0v) is 20.9. The summed E-state index contributed by atoms with van der Waals surface area (Å²) < 4.78 is 34.3. The first-order valence-electron chi connectivity index (χ1n) is 11.5. The quantitative estimate of drug-likeness (QED) is 0.536. The molecule has 0 spiro atoms. The van der Waals surface area contributed by atoms with Gasteiger partial charge in [0.05, 0.1) is 12.0 Å². The summed E-state index contributed by atoms with van der Waals surface area (Å²) in [5.74, 6) is 0.358. The maximum Gasteiger partial charge on any atom is 0.241 e. The molecule has 0 saturated heterocycles. The summed E-state index contributed by atoms with van der Waals surface area (Å²) >= 11 is 0. The van der Waals surface area contributed by atoms with Crippen molar-refractivity contribution in [1.82, 2.24) is 10.0 Å². The molecule has 1 aliphatic rings. The van der Waals surface area contributed by atoms with Crippen molar-refractivity contribution in [2.45, 2.75) is 57.5 Å². The number of benzene rings is 2. The van der Waals surface area contributed by atoms with Gasteiger partial charge in [0.1, 0.15) is 11.8 Å². The molecule has 9 heteroatoms. The second kappa shape index (κ2) is 11.0. The van der Waals surface area contributed by atoms with Crippen molar-refractivity contribution in [1.29, 1.82) is 0 Å². The highest BCUT2D eigenvalue weighted by Crippen LogP contribution is 2.30. The van der Waals surface area contributed by atoms with E-state index in [-0.39, 0.29) is 23.3 Å². The predicted molar refractivity (Wildman–Crippen MR) is 131 cm³/mol. The van der Waals surface area contributed by atoms with Gasteiger partial charge in [0.25, 0.3) is 0 Å². The largest absolute Gasteiger partial charge is 0.496 e. The van der Waals surface area contributed by atoms with Crippen molar-refractivity contribution < 1.29 is 22.7 Å². The lowest BCUT2D eigenvalue weighted by Gasteiger charge is -2.21. The number of carbonyl (C=O) groups is 2. The van der Waals surface area contributed by atoms with E-state index in [9.17, 15) is 18.0 Å². The molecule has 0 saturated carbocycles. The van der Waals surface area contributed by atoms with Gasteiger partial charge in [-0.3, -0.25) is 9.59 Å². The Morgan fingerprint density at radius 3 is 2.56 bits per heavy atom. The van der Waals surface area contributed by atoms with Crippen LogP contribution in [0.1, 0.15) is 44.7 Å². The Labute approximate surface area is 201 Å². The number of nitrogens with zero attached hydrogens (tertiary/aromatic N) is 1. The minimum Gasteiger partial charge on any atom is -0.496 e. The van der Waals surface area contributed by atoms with Crippen LogP contribution in [0.5, 0.6) is 5.75 Å². The van der Waals surface area contributed by atoms with Crippen molar-refractivity contribution in [3.05, 3.63) is 53.6 Å². The molecule has 3 rings (SSSR count). The molecule has 1 aliphatic heterocycles. The van der Waals surface area contributed by atoms with Crippen LogP contribution in [0.2, 0.25) is 0 Å². The van der Waals surface area contributed by atoms with Gasteiger partial charge in [-0.15, -0.1) is 0 Å². The van der Waals surface area contributed by atoms with Crippen LogP contribution in [-0.2, 0) is 32.6 Å². The maximum absolute atomic E-state index is 13.2. The second-order valence-corrected chi connectivity index (χ2v) is 10.5. The molecule has 2 aromatic carbocycles. The summed E-state index contributed by atoms with van der Waals surface area (Å²) in [6.07, 6.45) is 1.34. The highest BCUT2D eigenvalue weighted by molar-refractivity contribution is 7.89. The number of ether oxygens (including phenoxy) is 1. The van der Waals surface area contributed by atoms with Gasteiger partial charge in [-0.25, -0.2) is 8.42 Å². The van der Waals surface area contributed by atoms with Crippen LogP contribution >= 0.6 is 0 Å². The van der Waals surface area contributed by atoms with Gasteiger partial charge in [0.2, 0.25) is 21.8 Å². The lowest BCUT2D eigenvalue weighted by Crippen LogP contribution is -2.47. The fourth-order valence-corrected chi connectivity index (χ4v) is 5.34. The molecule has 1 unspecified atom stereocenters. The van der Waals surface area contributed by atoms with Crippen molar-refractivity contribution in [3.63, 3.8) is 0 Å². The smallest absolute Gasteiger partial charge is 0.241 e. The summed E-state index contributed by atoms with van der Waals surface area (Å²) in [6, 6.07) is 11.2. The average Bonchev–Trinajstić information content (AvgIpc) is 3.24. The molecule has 8 nitrogen and oxygen atoms in total. The number of hydrogen-bond acceptors (Lipinski definition) is 5. The van der Waals surface area contributed by atoms with Gasteiger partial charge in [0.15, 0.2) is 0 Å². The van der Waals surface area contributed by atoms with E-state index in [1.165, 1.54) is 6.07 Å². The Bertz CT molecular complexity index is 1150. The maximum atomic E-state index is 13.2. The van der Waals surface area contributed by atoms with Crippen LogP contribution in [0.4, 0.5) is 5.69 Å². The Balaban J connectivity index is 1.76. The third-order valence-corrected chi connectivity index (χ3v) is 7.30. The number of nitrogens with one attached hydrogen (secondary N) is 2. The summed E-state index contributed by atoms with van der Waals surface area (Å²) in [4.78, 5) is 26.9. The van der Waals surface area contributed by atoms with E-state index < -0.39 is 22.0 Å². The first kappa shape index (κ1) is 25.7. The van der Waals surface area contributed by atoms with Crippen LogP contribution in [-0.4, -0.2) is 39.9 Å². The zero-order valence-electron chi connectivity index (χ0n) is 20.1. The first-order valence-corrected chi connectivity index (χ1v) is 13.0. The van der Waals surface area contributed by atoms with Crippen molar-refractivity contribution in [2.24, 2.45) is 5.92 Å². The zero-order chi connectivity index (χ0) is 24.9. The van der Waals surface area contributed by atoms with Gasteiger partial charge >= 0.3 is 0 Å². The fourth-order valence-electron chi connectivity index (χ4n) is 4.09. The molecule has 2 aromatic rings. The number of methoxy groups -OCH3 is 1. The van der Waals surface area contributed by atoms with E-state index in [0.29, 0.717) is 31.6 Å². The molecule has 0 aliphatic carbocycles. The highest BCUT2D eigenvalue weighted by atomic mass is 32.2. The van der Waals surface area contributed by atoms with E-state index in [4.69, 9.17) is 4.74 Å². The molecular weight excluding hydrogens is 454 g/mol. The van der Waals surface area contributed by atoms with Gasteiger partial charge < -0.3 is 15.0 Å². The molecule has 2 amide bonds. The lowest BCUT2D eigenvalue weighted by atomic mass is 10.0. The Morgan fingerprint density at radius 1 is 1.15 bits per heavy atom. The topological polar surface area (TPSA) is 105 Å². The summed E-state index contributed by atoms with van der Waals surface area (Å²) in [6.45, 7) is 6.43. The molecule has 0 aromatic heterocycles. The highest BCUT2D eigenvalue weighted by Gasteiger charge is 2.29.